The third kappa shape index (κ3) is 3.25. The van der Waals surface area contributed by atoms with Gasteiger partial charge in [0.05, 0.1) is 29.2 Å². The number of aliphatic hydroxyl groups is 1. The number of fused-ring (bicyclic) bond motifs is 1. The van der Waals surface area contributed by atoms with E-state index in [2.05, 4.69) is 6.58 Å². The molecule has 1 spiro atoms. The number of nitrogens with zero attached hydrogens (tertiary/aromatic N) is 2. The molecular weight excluding hydrogens is 440 g/mol. The topological polar surface area (TPSA) is 98.2 Å². The molecule has 2 bridgehead atoms. The maximum atomic E-state index is 14.4. The van der Waals surface area contributed by atoms with E-state index in [1.54, 1.807) is 17.9 Å². The Kier molecular flexibility index (Phi) is 5.90. The fraction of sp³-hybridized carbons (Fsp3) is 0.560. The molecule has 3 aliphatic heterocycles. The number of thioether (sulfide) groups is 1. The molecule has 3 fully saturated rings. The van der Waals surface area contributed by atoms with E-state index in [9.17, 15) is 24.6 Å². The highest BCUT2D eigenvalue weighted by Gasteiger charge is 2.77. The van der Waals surface area contributed by atoms with Crippen molar-refractivity contribution in [2.45, 2.75) is 62.1 Å². The van der Waals surface area contributed by atoms with Gasteiger partial charge in [0.1, 0.15) is 6.04 Å². The zero-order valence-electron chi connectivity index (χ0n) is 19.6. The van der Waals surface area contributed by atoms with E-state index in [-0.39, 0.29) is 25.0 Å². The van der Waals surface area contributed by atoms with Crippen LogP contribution < -0.4 is 4.90 Å². The van der Waals surface area contributed by atoms with E-state index >= 15 is 0 Å². The van der Waals surface area contributed by atoms with Crippen LogP contribution in [0.1, 0.15) is 37.8 Å². The van der Waals surface area contributed by atoms with Crippen LogP contribution in [-0.2, 0) is 14.4 Å². The number of rotatable bonds is 7. The van der Waals surface area contributed by atoms with Gasteiger partial charge >= 0.3 is 5.97 Å². The number of hydrogen-bond donors (Lipinski definition) is 2. The molecule has 4 rings (SSSR count). The SMILES string of the molecule is C=CCN(C(=O)C1N([C@H](C)CO)C(=O)[C@@H]2[C@@H](C(=O)O)[C@@]3(C)CCC12S3)c1c(C)cccc1C. The Morgan fingerprint density at radius 2 is 1.97 bits per heavy atom. The lowest BCUT2D eigenvalue weighted by Gasteiger charge is -2.39. The molecule has 2 unspecified atom stereocenters. The molecule has 3 saturated heterocycles. The van der Waals surface area contributed by atoms with Crippen LogP contribution in [0.25, 0.3) is 0 Å². The molecule has 0 aromatic heterocycles. The Hall–Kier alpha value is -2.32. The predicted molar refractivity (Wildman–Crippen MR) is 128 cm³/mol. The van der Waals surface area contributed by atoms with Gasteiger partial charge in [-0.2, -0.15) is 0 Å². The van der Waals surface area contributed by atoms with Gasteiger partial charge in [-0.25, -0.2) is 0 Å². The minimum Gasteiger partial charge on any atom is -0.481 e. The summed E-state index contributed by atoms with van der Waals surface area (Å²) in [7, 11) is 0. The monoisotopic (exact) mass is 472 g/mol. The van der Waals surface area contributed by atoms with E-state index in [0.717, 1.165) is 16.8 Å². The maximum Gasteiger partial charge on any atom is 0.308 e. The molecule has 1 aromatic carbocycles. The number of amides is 2. The number of aliphatic hydroxyl groups excluding tert-OH is 1. The van der Waals surface area contributed by atoms with Crippen LogP contribution in [0.3, 0.4) is 0 Å². The number of carbonyl (C=O) groups is 3. The molecule has 0 saturated carbocycles. The van der Waals surface area contributed by atoms with Crippen molar-refractivity contribution in [1.82, 2.24) is 4.90 Å². The van der Waals surface area contributed by atoms with Crippen molar-refractivity contribution in [2.75, 3.05) is 18.1 Å². The zero-order chi connectivity index (χ0) is 24.3. The highest BCUT2D eigenvalue weighted by Crippen LogP contribution is 2.71. The lowest BCUT2D eigenvalue weighted by molar-refractivity contribution is -0.150. The summed E-state index contributed by atoms with van der Waals surface area (Å²) >= 11 is 1.50. The molecule has 3 aliphatic rings. The van der Waals surface area contributed by atoms with Crippen LogP contribution in [0.15, 0.2) is 30.9 Å². The second-order valence-electron chi connectivity index (χ2n) is 9.82. The Labute approximate surface area is 198 Å². The van der Waals surface area contributed by atoms with Crippen molar-refractivity contribution < 1.29 is 24.6 Å². The Morgan fingerprint density at radius 1 is 1.33 bits per heavy atom. The number of carboxylic acids is 1. The standard InChI is InChI=1S/C25H32N2O5S/c1-6-12-26(19-14(2)8-7-9-15(19)3)22(30)20-25-11-10-24(5,33-25)18(23(31)32)17(25)21(29)27(20)16(4)13-28/h6-9,16-18,20,28H,1,10-13H2,2-5H3,(H,31,32)/t16-,17+,18+,20?,24-,25?/m1/s1. The van der Waals surface area contributed by atoms with Crippen molar-refractivity contribution >= 4 is 35.2 Å². The van der Waals surface area contributed by atoms with Gasteiger partial charge in [0.25, 0.3) is 5.91 Å². The van der Waals surface area contributed by atoms with Crippen molar-refractivity contribution in [1.29, 1.82) is 0 Å². The summed E-state index contributed by atoms with van der Waals surface area (Å²) in [6.45, 7) is 11.3. The van der Waals surface area contributed by atoms with E-state index in [0.29, 0.717) is 12.8 Å². The molecule has 2 N–H and O–H groups in total. The summed E-state index contributed by atoms with van der Waals surface area (Å²) < 4.78 is -1.42. The summed E-state index contributed by atoms with van der Waals surface area (Å²) in [5.41, 5.74) is 2.65. The average molecular weight is 473 g/mol. The van der Waals surface area contributed by atoms with Crippen molar-refractivity contribution in [3.8, 4) is 0 Å². The van der Waals surface area contributed by atoms with Gasteiger partial charge in [-0.15, -0.1) is 18.3 Å². The molecule has 6 atom stereocenters. The first-order valence-electron chi connectivity index (χ1n) is 11.4. The van der Waals surface area contributed by atoms with Crippen molar-refractivity contribution in [3.63, 3.8) is 0 Å². The fourth-order valence-electron chi connectivity index (χ4n) is 6.38. The highest BCUT2D eigenvalue weighted by molar-refractivity contribution is 8.02. The number of benzene rings is 1. The molecule has 2 amide bonds. The summed E-state index contributed by atoms with van der Waals surface area (Å²) in [5, 5.41) is 20.0. The molecule has 178 valence electrons. The average Bonchev–Trinajstić information content (AvgIpc) is 3.32. The molecule has 7 nitrogen and oxygen atoms in total. The molecular formula is C25H32N2O5S. The second kappa shape index (κ2) is 8.17. The Balaban J connectivity index is 1.88. The van der Waals surface area contributed by atoms with Gasteiger partial charge in [-0.05, 0) is 51.7 Å². The van der Waals surface area contributed by atoms with Crippen LogP contribution >= 0.6 is 11.8 Å². The molecule has 33 heavy (non-hydrogen) atoms. The highest BCUT2D eigenvalue weighted by atomic mass is 32.2. The summed E-state index contributed by atoms with van der Waals surface area (Å²) in [5.74, 6) is -3.22. The van der Waals surface area contributed by atoms with Crippen LogP contribution in [0.4, 0.5) is 5.69 Å². The largest absolute Gasteiger partial charge is 0.481 e. The third-order valence-electron chi connectivity index (χ3n) is 7.74. The third-order valence-corrected chi connectivity index (χ3v) is 9.73. The van der Waals surface area contributed by atoms with Crippen molar-refractivity contribution in [2.24, 2.45) is 11.8 Å². The molecule has 0 radical (unpaired) electrons. The summed E-state index contributed by atoms with van der Waals surface area (Å²) in [4.78, 5) is 43.6. The van der Waals surface area contributed by atoms with E-state index < -0.39 is 39.4 Å². The minimum absolute atomic E-state index is 0.244. The Morgan fingerprint density at radius 3 is 2.52 bits per heavy atom. The quantitative estimate of drug-likeness (QED) is 0.592. The van der Waals surface area contributed by atoms with Gasteiger partial charge in [-0.3, -0.25) is 14.4 Å². The number of likely N-dealkylation sites (tertiary alicyclic amines) is 1. The first-order chi connectivity index (χ1) is 15.5. The number of anilines is 1. The smallest absolute Gasteiger partial charge is 0.308 e. The van der Waals surface area contributed by atoms with Crippen LogP contribution in [0.2, 0.25) is 0 Å². The number of hydrogen-bond acceptors (Lipinski definition) is 5. The van der Waals surface area contributed by atoms with Gasteiger partial charge in [-0.1, -0.05) is 24.3 Å². The number of carbonyl (C=O) groups excluding carboxylic acids is 2. The number of para-hydroxylation sites is 1. The second-order valence-corrected chi connectivity index (χ2v) is 11.7. The van der Waals surface area contributed by atoms with Gasteiger partial charge in [0, 0.05) is 17.0 Å². The first-order valence-corrected chi connectivity index (χ1v) is 12.2. The fourth-order valence-corrected chi connectivity index (χ4v) is 8.71. The van der Waals surface area contributed by atoms with Gasteiger partial charge < -0.3 is 20.0 Å². The molecule has 1 aromatic rings. The normalized spacial score (nSPS) is 33.2. The minimum atomic E-state index is -0.993. The Bertz CT molecular complexity index is 1010. The van der Waals surface area contributed by atoms with E-state index in [1.807, 2.05) is 39.0 Å². The first kappa shape index (κ1) is 23.8. The number of carboxylic acid groups (broad SMARTS) is 1. The van der Waals surface area contributed by atoms with E-state index in [4.69, 9.17) is 0 Å². The van der Waals surface area contributed by atoms with Gasteiger partial charge in [0.15, 0.2) is 0 Å². The molecule has 0 aliphatic carbocycles. The lowest BCUT2D eigenvalue weighted by Crippen LogP contribution is -2.57. The van der Waals surface area contributed by atoms with E-state index in [1.165, 1.54) is 16.7 Å². The van der Waals surface area contributed by atoms with Crippen LogP contribution in [0, 0.1) is 25.7 Å². The van der Waals surface area contributed by atoms with Crippen LogP contribution in [0.5, 0.6) is 0 Å². The molecule has 8 heteroatoms. The zero-order valence-corrected chi connectivity index (χ0v) is 20.4. The number of aryl methyl sites for hydroxylation is 2. The van der Waals surface area contributed by atoms with Gasteiger partial charge in [0.2, 0.25) is 5.91 Å². The summed E-state index contributed by atoms with van der Waals surface area (Å²) in [6.07, 6.45) is 2.89. The van der Waals surface area contributed by atoms with Crippen molar-refractivity contribution in [3.05, 3.63) is 42.0 Å². The predicted octanol–water partition coefficient (Wildman–Crippen LogP) is 2.77. The lowest BCUT2D eigenvalue weighted by atomic mass is 9.66. The number of aliphatic carboxylic acids is 1. The summed E-state index contributed by atoms with van der Waals surface area (Å²) in [6, 6.07) is 4.37. The maximum absolute atomic E-state index is 14.4. The van der Waals surface area contributed by atoms with Crippen LogP contribution in [-0.4, -0.2) is 67.6 Å². The molecule has 3 heterocycles.